The molecule has 1 aromatic heterocycles. The molecule has 1 saturated heterocycles. The van der Waals surface area contributed by atoms with Gasteiger partial charge in [-0.15, -0.1) is 12.4 Å². The second-order valence-corrected chi connectivity index (χ2v) is 7.89. The van der Waals surface area contributed by atoms with Crippen molar-refractivity contribution in [2.45, 2.75) is 13.3 Å². The number of benzene rings is 2. The van der Waals surface area contributed by atoms with Crippen LogP contribution in [0.3, 0.4) is 0 Å². The van der Waals surface area contributed by atoms with Crippen LogP contribution in [0.5, 0.6) is 5.75 Å². The van der Waals surface area contributed by atoms with Gasteiger partial charge in [-0.3, -0.25) is 4.79 Å². The lowest BCUT2D eigenvalue weighted by atomic mass is 9.90. The molecule has 2 aromatic carbocycles. The second-order valence-electron chi connectivity index (χ2n) is 7.89. The van der Waals surface area contributed by atoms with Crippen LogP contribution in [-0.2, 0) is 0 Å². The van der Waals surface area contributed by atoms with E-state index in [1.165, 1.54) is 0 Å². The molecule has 3 aromatic rings. The molecule has 1 aliphatic heterocycles. The summed E-state index contributed by atoms with van der Waals surface area (Å²) in [6.45, 7) is 4.08. The molecule has 1 fully saturated rings. The van der Waals surface area contributed by atoms with Crippen LogP contribution in [-0.4, -0.2) is 47.3 Å². The molecule has 0 spiro atoms. The molecule has 1 unspecified atom stereocenters. The highest BCUT2D eigenvalue weighted by atomic mass is 35.5. The molecule has 158 valence electrons. The van der Waals surface area contributed by atoms with Crippen LogP contribution in [0.4, 0.5) is 0 Å². The van der Waals surface area contributed by atoms with E-state index in [0.717, 1.165) is 23.4 Å². The van der Waals surface area contributed by atoms with Crippen molar-refractivity contribution in [1.82, 2.24) is 14.7 Å². The number of para-hydroxylation sites is 1. The first-order valence-corrected chi connectivity index (χ1v) is 9.82. The smallest absolute Gasteiger partial charge is 0.257 e. The number of ether oxygens (including phenoxy) is 1. The average molecular weight is 427 g/mol. The molecule has 7 heteroatoms. The van der Waals surface area contributed by atoms with Crippen molar-refractivity contribution in [3.05, 3.63) is 66.4 Å². The molecule has 2 heterocycles. The van der Waals surface area contributed by atoms with E-state index in [0.29, 0.717) is 30.9 Å². The number of nitrogens with zero attached hydrogens (tertiary/aromatic N) is 3. The maximum absolute atomic E-state index is 13.4. The highest BCUT2D eigenvalue weighted by Crippen LogP contribution is 2.32. The Kier molecular flexibility index (Phi) is 6.48. The zero-order valence-corrected chi connectivity index (χ0v) is 18.1. The Morgan fingerprint density at radius 3 is 2.63 bits per heavy atom. The molecule has 0 radical (unpaired) electrons. The molecule has 1 atom stereocenters. The summed E-state index contributed by atoms with van der Waals surface area (Å²) < 4.78 is 7.13. The van der Waals surface area contributed by atoms with Gasteiger partial charge in [-0.05, 0) is 42.6 Å². The third kappa shape index (κ3) is 4.20. The fraction of sp³-hybridized carbons (Fsp3) is 0.304. The maximum atomic E-state index is 13.4. The lowest BCUT2D eigenvalue weighted by molar-refractivity contribution is 0.0777. The first kappa shape index (κ1) is 21.9. The number of aromatic nitrogens is 2. The third-order valence-corrected chi connectivity index (χ3v) is 5.65. The van der Waals surface area contributed by atoms with Crippen LogP contribution in [0.2, 0.25) is 0 Å². The van der Waals surface area contributed by atoms with E-state index >= 15 is 0 Å². The number of likely N-dealkylation sites (tertiary alicyclic amines) is 1. The molecular weight excluding hydrogens is 400 g/mol. The Bertz CT molecular complexity index is 1020. The summed E-state index contributed by atoms with van der Waals surface area (Å²) in [6.07, 6.45) is 2.74. The minimum Gasteiger partial charge on any atom is -0.497 e. The molecule has 1 aliphatic rings. The third-order valence-electron chi connectivity index (χ3n) is 5.65. The highest BCUT2D eigenvalue weighted by Gasteiger charge is 2.36. The van der Waals surface area contributed by atoms with Crippen LogP contribution in [0.25, 0.3) is 16.9 Å². The molecule has 2 N–H and O–H groups in total. The predicted octanol–water partition coefficient (Wildman–Crippen LogP) is 3.78. The van der Waals surface area contributed by atoms with E-state index in [4.69, 9.17) is 15.6 Å². The summed E-state index contributed by atoms with van der Waals surface area (Å²) >= 11 is 0. The second kappa shape index (κ2) is 8.90. The van der Waals surface area contributed by atoms with Gasteiger partial charge in [0.2, 0.25) is 0 Å². The van der Waals surface area contributed by atoms with Gasteiger partial charge >= 0.3 is 0 Å². The van der Waals surface area contributed by atoms with E-state index in [-0.39, 0.29) is 23.7 Å². The summed E-state index contributed by atoms with van der Waals surface area (Å²) in [6, 6.07) is 17.5. The maximum Gasteiger partial charge on any atom is 0.257 e. The minimum absolute atomic E-state index is 0. The van der Waals surface area contributed by atoms with E-state index in [2.05, 4.69) is 6.92 Å². The molecule has 4 rings (SSSR count). The van der Waals surface area contributed by atoms with Gasteiger partial charge in [0.15, 0.2) is 0 Å². The summed E-state index contributed by atoms with van der Waals surface area (Å²) in [4.78, 5) is 15.3. The zero-order valence-electron chi connectivity index (χ0n) is 17.2. The van der Waals surface area contributed by atoms with Crippen molar-refractivity contribution in [1.29, 1.82) is 0 Å². The van der Waals surface area contributed by atoms with Crippen LogP contribution < -0.4 is 10.5 Å². The van der Waals surface area contributed by atoms with Crippen molar-refractivity contribution < 1.29 is 9.53 Å². The van der Waals surface area contributed by atoms with Crippen molar-refractivity contribution in [2.24, 2.45) is 11.1 Å². The number of rotatable bonds is 5. The molecule has 30 heavy (non-hydrogen) atoms. The summed E-state index contributed by atoms with van der Waals surface area (Å²) in [5, 5.41) is 4.76. The Balaban J connectivity index is 0.00000256. The molecule has 6 nitrogen and oxygen atoms in total. The largest absolute Gasteiger partial charge is 0.497 e. The van der Waals surface area contributed by atoms with Gasteiger partial charge in [-0.25, -0.2) is 4.68 Å². The van der Waals surface area contributed by atoms with Crippen LogP contribution in [0, 0.1) is 5.41 Å². The van der Waals surface area contributed by atoms with Crippen LogP contribution in [0.1, 0.15) is 23.7 Å². The number of nitrogens with two attached hydrogens (primary N) is 1. The number of amides is 1. The summed E-state index contributed by atoms with van der Waals surface area (Å²) in [7, 11) is 1.63. The molecule has 0 bridgehead atoms. The first-order valence-electron chi connectivity index (χ1n) is 9.82. The lowest BCUT2D eigenvalue weighted by Gasteiger charge is -2.22. The van der Waals surface area contributed by atoms with E-state index in [9.17, 15) is 4.79 Å². The van der Waals surface area contributed by atoms with Gasteiger partial charge in [0, 0.05) is 24.8 Å². The van der Waals surface area contributed by atoms with Crippen molar-refractivity contribution in [2.75, 3.05) is 26.7 Å². The number of carbonyl (C=O) groups is 1. The quantitative estimate of drug-likeness (QED) is 0.673. The van der Waals surface area contributed by atoms with E-state index < -0.39 is 0 Å². The Morgan fingerprint density at radius 1 is 1.20 bits per heavy atom. The predicted molar refractivity (Wildman–Crippen MR) is 120 cm³/mol. The van der Waals surface area contributed by atoms with Gasteiger partial charge < -0.3 is 15.4 Å². The van der Waals surface area contributed by atoms with Crippen molar-refractivity contribution >= 4 is 18.3 Å². The van der Waals surface area contributed by atoms with Gasteiger partial charge in [0.05, 0.1) is 18.4 Å². The van der Waals surface area contributed by atoms with Crippen LogP contribution in [0.15, 0.2) is 60.8 Å². The molecule has 0 aliphatic carbocycles. The number of hydrogen-bond donors (Lipinski definition) is 1. The van der Waals surface area contributed by atoms with Gasteiger partial charge in [0.25, 0.3) is 5.91 Å². The highest BCUT2D eigenvalue weighted by molar-refractivity contribution is 6.00. The topological polar surface area (TPSA) is 73.4 Å². The van der Waals surface area contributed by atoms with Crippen LogP contribution >= 0.6 is 12.4 Å². The normalized spacial score (nSPS) is 18.2. The fourth-order valence-corrected chi connectivity index (χ4v) is 3.76. The van der Waals surface area contributed by atoms with Gasteiger partial charge in [-0.2, -0.15) is 5.10 Å². The molecular formula is C23H27ClN4O2. The van der Waals surface area contributed by atoms with Crippen molar-refractivity contribution in [3.63, 3.8) is 0 Å². The first-order chi connectivity index (χ1) is 14.0. The number of hydrogen-bond acceptors (Lipinski definition) is 4. The minimum atomic E-state index is -0.0266. The number of halogens is 1. The van der Waals surface area contributed by atoms with Gasteiger partial charge in [0.1, 0.15) is 11.4 Å². The van der Waals surface area contributed by atoms with E-state index in [1.807, 2.05) is 65.7 Å². The fourth-order valence-electron chi connectivity index (χ4n) is 3.76. The summed E-state index contributed by atoms with van der Waals surface area (Å²) in [5.74, 6) is 0.717. The number of methoxy groups -OCH3 is 1. The standard InChI is InChI=1S/C23H26N4O2.ClH/c1-23(15-24)11-12-26(16-23)22(28)20-14-27(18-8-4-3-5-9-18)25-21(20)17-7-6-10-19(13-17)29-2;/h3-10,13-14H,11-12,15-16,24H2,1-2H3;1H. The molecule has 0 saturated carbocycles. The van der Waals surface area contributed by atoms with Gasteiger partial charge in [-0.1, -0.05) is 37.3 Å². The summed E-state index contributed by atoms with van der Waals surface area (Å²) in [5.41, 5.74) is 8.90. The Labute approximate surface area is 183 Å². The SMILES string of the molecule is COc1cccc(-c2nn(-c3ccccc3)cc2C(=O)N2CCC(C)(CN)C2)c1.Cl. The van der Waals surface area contributed by atoms with E-state index in [1.54, 1.807) is 11.8 Å². The molecule has 1 amide bonds. The van der Waals surface area contributed by atoms with Crippen molar-refractivity contribution in [3.8, 4) is 22.7 Å². The monoisotopic (exact) mass is 426 g/mol. The number of carbonyl (C=O) groups excluding carboxylic acids is 1. The zero-order chi connectivity index (χ0) is 20.4. The lowest BCUT2D eigenvalue weighted by Crippen LogP contribution is -2.34. The Hall–Kier alpha value is -2.83. The average Bonchev–Trinajstić information content (AvgIpc) is 3.39. The Morgan fingerprint density at radius 2 is 1.97 bits per heavy atom.